The van der Waals surface area contributed by atoms with Gasteiger partial charge in [-0.15, -0.1) is 34.0 Å². The van der Waals surface area contributed by atoms with Crippen LogP contribution in [0.2, 0.25) is 12.6 Å². The average Bonchev–Trinajstić information content (AvgIpc) is 1.58. The van der Waals surface area contributed by atoms with Crippen LogP contribution in [-0.2, 0) is 17.1 Å². The zero-order valence-electron chi connectivity index (χ0n) is 56.4. The number of fused-ring (bicyclic) bond motifs is 14. The number of aromatic nitrogens is 4. The number of hydrogen-bond donors (Lipinski definition) is 0. The third kappa shape index (κ3) is 18.8. The van der Waals surface area contributed by atoms with Crippen LogP contribution in [0.1, 0.15) is 120 Å². The zero-order valence-corrected chi connectivity index (χ0v) is 62.8. The van der Waals surface area contributed by atoms with Gasteiger partial charge in [-0.05, 0) is 222 Å². The van der Waals surface area contributed by atoms with E-state index in [1.54, 1.807) is 5.19 Å². The number of hydrogen-bond acceptors (Lipinski definition) is 2. The summed E-state index contributed by atoms with van der Waals surface area (Å²) in [5, 5.41) is 5.51. The van der Waals surface area contributed by atoms with E-state index >= 15 is 0 Å². The van der Waals surface area contributed by atoms with Gasteiger partial charge in [-0.2, -0.15) is 0 Å². The van der Waals surface area contributed by atoms with Crippen molar-refractivity contribution in [1.82, 2.24) is 19.9 Å². The quantitative estimate of drug-likeness (QED) is 0.0518. The minimum atomic E-state index is -2.12. The standard InChI is InChI=1S/C93H60Br2N4Si2.Fe/c1-4-6-8-10-12-14-16-18-20-21-22-23-24-25-26-27-28-29-30-31-32-33-34-35-36-38-40-42-44-50-68-100-86-54-48-46-52-74(86)75-58-56-72(70-87(75)100)90-78-60-64-82(96-78)92(94)84-66-62-80(98-84)91(81-63-67-85(99-81)93(95)83-65-61-79(90)97-83)73-57-59-77-76-53-47-49-55-88(76)101(3,89(77)71-73)69-51-45-43-41-39-37-19-17-15-13-11-9-7-5-2;/h1,46-49,52-67,70-71,100H,5,7,9,11,13,15,17,19,37,39,41,43,45,51,69H2,2-3H3;/q-2;+2. The van der Waals surface area contributed by atoms with Crippen LogP contribution in [-0.4, -0.2) is 26.8 Å². The van der Waals surface area contributed by atoms with E-state index in [9.17, 15) is 0 Å². The largest absolute Gasteiger partial charge is 2.00 e. The molecule has 7 aromatic rings. The Morgan fingerprint density at radius 3 is 1.21 bits per heavy atom. The van der Waals surface area contributed by atoms with Gasteiger partial charge in [0.2, 0.25) is 0 Å². The molecule has 0 spiro atoms. The SMILES string of the molecule is C#CC#CC#CC#CC#CC#CC#CC#CC#CC#CC#CC#CC#CC#CC#CC#C[SiH]1c2ccccc2-c2ccc(-c3c4nc(c(Br)c5ccc([n-]5)c(-c5ccc6c(c5)[Si](C)(CCCCCCCCCCCCCCCC)c5ccccc5-6)c5nc(c(Br)c6ccc3[n-]6)C=C5)C=C4)cc21.[Fe+2]. The molecular weight excluding hydrogens is 1440 g/mol. The van der Waals surface area contributed by atoms with Crippen molar-refractivity contribution in [2.75, 3.05) is 0 Å². The third-order valence-corrected chi connectivity index (χ3v) is 26.3. The van der Waals surface area contributed by atoms with E-state index in [1.165, 1.54) is 134 Å². The van der Waals surface area contributed by atoms with Crippen molar-refractivity contribution in [1.29, 1.82) is 0 Å². The first-order valence-corrected chi connectivity index (χ1v) is 39.7. The molecule has 482 valence electrons. The van der Waals surface area contributed by atoms with Crippen molar-refractivity contribution in [3.63, 3.8) is 0 Å². The summed E-state index contributed by atoms with van der Waals surface area (Å²) in [5.41, 5.74) is 19.1. The van der Waals surface area contributed by atoms with E-state index in [1.807, 2.05) is 0 Å². The van der Waals surface area contributed by atoms with Gasteiger partial charge in [0.1, 0.15) is 8.07 Å². The minimum absolute atomic E-state index is 0. The minimum Gasteiger partial charge on any atom is -0.656 e. The molecule has 4 aromatic carbocycles. The molecule has 0 radical (unpaired) electrons. The summed E-state index contributed by atoms with van der Waals surface area (Å²) < 4.78 is 1.60. The molecule has 0 saturated heterocycles. The molecule has 0 aliphatic carbocycles. The summed E-state index contributed by atoms with van der Waals surface area (Å²) in [7, 11) is -4.23. The Labute approximate surface area is 632 Å². The molecule has 8 bridgehead atoms. The molecule has 102 heavy (non-hydrogen) atoms. The van der Waals surface area contributed by atoms with E-state index in [0.717, 1.165) is 76.0 Å². The molecule has 11 rings (SSSR count). The second kappa shape index (κ2) is 38.1. The Balaban J connectivity index is 0.0000112. The van der Waals surface area contributed by atoms with Crippen LogP contribution < -0.4 is 30.7 Å². The molecule has 4 nitrogen and oxygen atoms in total. The summed E-state index contributed by atoms with van der Waals surface area (Å²) in [6.07, 6.45) is 32.4. The van der Waals surface area contributed by atoms with Crippen molar-refractivity contribution in [2.24, 2.45) is 0 Å². The van der Waals surface area contributed by atoms with Crippen LogP contribution in [0.5, 0.6) is 0 Å². The van der Waals surface area contributed by atoms with Gasteiger partial charge in [0, 0.05) is 91.8 Å². The number of unbranched alkanes of at least 4 members (excludes halogenated alkanes) is 13. The average molecular weight is 1510 g/mol. The first kappa shape index (κ1) is 73.1. The van der Waals surface area contributed by atoms with Gasteiger partial charge in [-0.3, -0.25) is 0 Å². The van der Waals surface area contributed by atoms with Crippen molar-refractivity contribution in [2.45, 2.75) is 109 Å². The van der Waals surface area contributed by atoms with Gasteiger partial charge in [0.25, 0.3) is 0 Å². The van der Waals surface area contributed by atoms with Gasteiger partial charge < -0.3 is 9.97 Å². The Hall–Kier alpha value is -11.6. The van der Waals surface area contributed by atoms with Crippen molar-refractivity contribution in [3.05, 3.63) is 141 Å². The molecule has 4 aliphatic heterocycles. The summed E-state index contributed by atoms with van der Waals surface area (Å²) in [4.78, 5) is 21.5. The normalized spacial score (nSPS) is 12.3. The van der Waals surface area contributed by atoms with E-state index < -0.39 is 16.9 Å². The topological polar surface area (TPSA) is 54.0 Å². The number of halogens is 2. The number of rotatable bonds is 17. The fourth-order valence-electron chi connectivity index (χ4n) is 12.8. The number of nitrogens with zero attached hydrogens (tertiary/aromatic N) is 4. The molecule has 4 aliphatic rings. The van der Waals surface area contributed by atoms with E-state index in [4.69, 9.17) is 26.4 Å². The number of terminal acetylenes is 1. The molecule has 2 unspecified atom stereocenters. The predicted molar refractivity (Wildman–Crippen MR) is 432 cm³/mol. The monoisotopic (exact) mass is 1500 g/mol. The van der Waals surface area contributed by atoms with E-state index in [-0.39, 0.29) is 17.1 Å². The second-order valence-electron chi connectivity index (χ2n) is 24.0. The molecular formula is C93H60Br2FeN4Si2. The third-order valence-electron chi connectivity index (χ3n) is 17.5. The van der Waals surface area contributed by atoms with Crippen LogP contribution in [0.25, 0.3) is 90.9 Å². The van der Waals surface area contributed by atoms with Gasteiger partial charge in [0.15, 0.2) is 8.80 Å². The van der Waals surface area contributed by atoms with Gasteiger partial charge in [-0.1, -0.05) is 213 Å². The Bertz CT molecular complexity index is 5860. The van der Waals surface area contributed by atoms with Crippen LogP contribution in [0.3, 0.4) is 0 Å². The molecule has 0 N–H and O–H groups in total. The molecule has 9 heteroatoms. The summed E-state index contributed by atoms with van der Waals surface area (Å²) in [6, 6.07) is 41.1. The summed E-state index contributed by atoms with van der Waals surface area (Å²) in [6.45, 7) is 4.90. The van der Waals surface area contributed by atoms with Gasteiger partial charge >= 0.3 is 17.1 Å². The van der Waals surface area contributed by atoms with Gasteiger partial charge in [-0.25, -0.2) is 9.97 Å². The maximum atomic E-state index is 5.41. The molecule has 7 heterocycles. The van der Waals surface area contributed by atoms with Crippen LogP contribution in [0.4, 0.5) is 0 Å². The molecule has 0 saturated carbocycles. The Morgan fingerprint density at radius 2 is 0.735 bits per heavy atom. The smallest absolute Gasteiger partial charge is 0.656 e. The fourth-order valence-corrected chi connectivity index (χ4v) is 20.7. The number of benzene rings is 4. The maximum Gasteiger partial charge on any atom is 2.00 e. The second-order valence-corrected chi connectivity index (χ2v) is 32.2. The first-order chi connectivity index (χ1) is 49.8. The molecule has 2 atom stereocenters. The molecule has 0 fully saturated rings. The molecule has 3 aromatic heterocycles. The first-order valence-electron chi connectivity index (χ1n) is 33.7. The summed E-state index contributed by atoms with van der Waals surface area (Å²) in [5.74, 6) is 77.6. The summed E-state index contributed by atoms with van der Waals surface area (Å²) >= 11 is 8.03. The zero-order chi connectivity index (χ0) is 69.7. The van der Waals surface area contributed by atoms with E-state index in [0.29, 0.717) is 0 Å². The predicted octanol–water partition coefficient (Wildman–Crippen LogP) is 15.0. The van der Waals surface area contributed by atoms with Crippen LogP contribution in [0, 0.1) is 190 Å². The fraction of sp³-hybridized carbons (Fsp3) is 0.183. The van der Waals surface area contributed by atoms with E-state index in [2.05, 4.69) is 362 Å². The maximum absolute atomic E-state index is 5.41. The van der Waals surface area contributed by atoms with Crippen LogP contribution >= 0.6 is 31.9 Å². The van der Waals surface area contributed by atoms with Crippen molar-refractivity contribution >= 4 is 116 Å². The Kier molecular flexibility index (Phi) is 27.3. The molecule has 0 amide bonds. The van der Waals surface area contributed by atoms with Crippen molar-refractivity contribution in [3.8, 4) is 234 Å². The van der Waals surface area contributed by atoms with Gasteiger partial charge in [0.05, 0.1) is 22.8 Å². The van der Waals surface area contributed by atoms with Crippen molar-refractivity contribution < 1.29 is 17.1 Å². The Morgan fingerprint density at radius 1 is 0.373 bits per heavy atom. The van der Waals surface area contributed by atoms with Crippen LogP contribution in [0.15, 0.2) is 118 Å².